The van der Waals surface area contributed by atoms with Crippen LogP contribution in [0.4, 0.5) is 0 Å². The van der Waals surface area contributed by atoms with E-state index in [4.69, 9.17) is 4.43 Å². The molecule has 0 aromatic heterocycles. The van der Waals surface area contributed by atoms with Crippen LogP contribution in [0.15, 0.2) is 23.8 Å². The second kappa shape index (κ2) is 8.71. The third kappa shape index (κ3) is 6.01. The number of allylic oxidation sites excluding steroid dienone is 2. The molecule has 0 aliphatic heterocycles. The normalized spacial score (nSPS) is 13.2. The molecule has 0 N–H and O–H groups in total. The van der Waals surface area contributed by atoms with Gasteiger partial charge in [0.25, 0.3) is 0 Å². The van der Waals surface area contributed by atoms with E-state index in [0.717, 1.165) is 13.0 Å². The van der Waals surface area contributed by atoms with Crippen molar-refractivity contribution >= 4 is 8.32 Å². The summed E-state index contributed by atoms with van der Waals surface area (Å²) in [7, 11) is -1.44. The van der Waals surface area contributed by atoms with Crippen LogP contribution in [0.3, 0.4) is 0 Å². The van der Waals surface area contributed by atoms with Crippen molar-refractivity contribution in [1.82, 2.24) is 0 Å². The maximum absolute atomic E-state index is 6.38. The molecule has 1 unspecified atom stereocenters. The Kier molecular flexibility index (Phi) is 8.54. The van der Waals surface area contributed by atoms with Gasteiger partial charge < -0.3 is 4.43 Å². The summed E-state index contributed by atoms with van der Waals surface area (Å²) in [5.74, 6) is 0.483. The lowest BCUT2D eigenvalue weighted by Crippen LogP contribution is -2.37. The molecule has 0 saturated carbocycles. The summed E-state index contributed by atoms with van der Waals surface area (Å²) in [6, 6.07) is 3.68. The first-order valence-electron chi connectivity index (χ1n) is 7.33. The van der Waals surface area contributed by atoms with Crippen molar-refractivity contribution in [3.63, 3.8) is 0 Å². The molecule has 106 valence electrons. The third-order valence-corrected chi connectivity index (χ3v) is 8.68. The van der Waals surface area contributed by atoms with E-state index >= 15 is 0 Å². The van der Waals surface area contributed by atoms with Gasteiger partial charge in [0.1, 0.15) is 0 Å². The molecule has 1 atom stereocenters. The maximum Gasteiger partial charge on any atom is 0.192 e. The Balaban J connectivity index is 4.51. The second-order valence-corrected chi connectivity index (χ2v) is 10.4. The molecule has 0 radical (unpaired) electrons. The lowest BCUT2D eigenvalue weighted by Gasteiger charge is -2.30. The molecule has 1 nitrogen and oxygen atoms in total. The van der Waals surface area contributed by atoms with Crippen molar-refractivity contribution < 1.29 is 4.43 Å². The van der Waals surface area contributed by atoms with Gasteiger partial charge in [-0.1, -0.05) is 44.6 Å². The molecule has 18 heavy (non-hydrogen) atoms. The van der Waals surface area contributed by atoms with E-state index in [1.807, 2.05) is 0 Å². The van der Waals surface area contributed by atoms with Gasteiger partial charge >= 0.3 is 0 Å². The molecule has 0 aromatic rings. The number of hydrogen-bond donors (Lipinski definition) is 0. The van der Waals surface area contributed by atoms with Crippen molar-refractivity contribution in [3.8, 4) is 0 Å². The van der Waals surface area contributed by atoms with Gasteiger partial charge in [-0.05, 0) is 45.3 Å². The lowest BCUT2D eigenvalue weighted by molar-refractivity contribution is 0.254. The Morgan fingerprint density at radius 3 is 1.94 bits per heavy atom. The van der Waals surface area contributed by atoms with Gasteiger partial charge in [-0.3, -0.25) is 0 Å². The van der Waals surface area contributed by atoms with Crippen LogP contribution in [0.1, 0.15) is 48.0 Å². The first-order chi connectivity index (χ1) is 8.40. The van der Waals surface area contributed by atoms with E-state index in [-0.39, 0.29) is 0 Å². The predicted molar refractivity (Wildman–Crippen MR) is 85.5 cm³/mol. The zero-order valence-corrected chi connectivity index (χ0v) is 14.3. The quantitative estimate of drug-likeness (QED) is 0.393. The molecule has 0 heterocycles. The Bertz CT molecular complexity index is 265. The molecule has 0 amide bonds. The first-order valence-corrected chi connectivity index (χ1v) is 9.86. The van der Waals surface area contributed by atoms with Gasteiger partial charge in [0, 0.05) is 12.5 Å². The van der Waals surface area contributed by atoms with Crippen LogP contribution in [0.5, 0.6) is 0 Å². The average molecular weight is 269 g/mol. The van der Waals surface area contributed by atoms with E-state index < -0.39 is 8.32 Å². The SMILES string of the molecule is C=C(C)C(CC=C(C)C)CO[Si](CC)(CC)CC. The summed E-state index contributed by atoms with van der Waals surface area (Å²) in [5.41, 5.74) is 2.63. The number of hydrogen-bond acceptors (Lipinski definition) is 1. The zero-order valence-electron chi connectivity index (χ0n) is 13.3. The molecular weight excluding hydrogens is 236 g/mol. The molecule has 0 spiro atoms. The summed E-state index contributed by atoms with van der Waals surface area (Å²) >= 11 is 0. The Morgan fingerprint density at radius 1 is 1.11 bits per heavy atom. The molecule has 0 aliphatic rings. The molecule has 0 fully saturated rings. The van der Waals surface area contributed by atoms with Crippen molar-refractivity contribution in [2.24, 2.45) is 5.92 Å². The van der Waals surface area contributed by atoms with E-state index in [0.29, 0.717) is 5.92 Å². The summed E-state index contributed by atoms with van der Waals surface area (Å²) < 4.78 is 6.38. The van der Waals surface area contributed by atoms with Crippen molar-refractivity contribution in [2.45, 2.75) is 66.1 Å². The van der Waals surface area contributed by atoms with Gasteiger partial charge in [0.05, 0.1) is 0 Å². The van der Waals surface area contributed by atoms with Crippen LogP contribution in [-0.2, 0) is 4.43 Å². The minimum atomic E-state index is -1.44. The van der Waals surface area contributed by atoms with E-state index in [1.54, 1.807) is 0 Å². The summed E-state index contributed by atoms with van der Waals surface area (Å²) in [5, 5.41) is 0. The Labute approximate surface area is 115 Å². The predicted octanol–water partition coefficient (Wildman–Crippen LogP) is 5.56. The van der Waals surface area contributed by atoms with Crippen LogP contribution in [0, 0.1) is 5.92 Å². The molecular formula is C16H32OSi. The second-order valence-electron chi connectivity index (χ2n) is 5.62. The Morgan fingerprint density at radius 2 is 1.61 bits per heavy atom. The monoisotopic (exact) mass is 268 g/mol. The van der Waals surface area contributed by atoms with E-state index in [1.165, 1.54) is 29.3 Å². The van der Waals surface area contributed by atoms with Gasteiger partial charge in [0.2, 0.25) is 0 Å². The van der Waals surface area contributed by atoms with Gasteiger partial charge in [-0.15, -0.1) is 0 Å². The summed E-state index contributed by atoms with van der Waals surface area (Å²) in [4.78, 5) is 0. The Hall–Kier alpha value is -0.343. The summed E-state index contributed by atoms with van der Waals surface area (Å²) in [6.07, 6.45) is 3.37. The van der Waals surface area contributed by atoms with Crippen LogP contribution >= 0.6 is 0 Å². The highest BCUT2D eigenvalue weighted by Gasteiger charge is 2.29. The fraction of sp³-hybridized carbons (Fsp3) is 0.750. The lowest BCUT2D eigenvalue weighted by atomic mass is 9.98. The van der Waals surface area contributed by atoms with Gasteiger partial charge in [0.15, 0.2) is 8.32 Å². The molecule has 0 aromatic carbocycles. The molecule has 0 rings (SSSR count). The van der Waals surface area contributed by atoms with Crippen molar-refractivity contribution in [3.05, 3.63) is 23.8 Å². The minimum absolute atomic E-state index is 0.483. The third-order valence-electron chi connectivity index (χ3n) is 4.03. The van der Waals surface area contributed by atoms with Gasteiger partial charge in [-0.25, -0.2) is 0 Å². The van der Waals surface area contributed by atoms with Crippen LogP contribution in [0.25, 0.3) is 0 Å². The minimum Gasteiger partial charge on any atom is -0.416 e. The topological polar surface area (TPSA) is 9.23 Å². The van der Waals surface area contributed by atoms with Crippen LogP contribution < -0.4 is 0 Å². The van der Waals surface area contributed by atoms with E-state index in [9.17, 15) is 0 Å². The standard InChI is InChI=1S/C16H32OSi/c1-8-18(9-2,10-3)17-13-16(15(6)7)12-11-14(4)5/h11,16H,6,8-10,12-13H2,1-5,7H3. The smallest absolute Gasteiger partial charge is 0.192 e. The molecule has 0 aliphatic carbocycles. The highest BCUT2D eigenvalue weighted by Crippen LogP contribution is 2.25. The molecule has 2 heteroatoms. The van der Waals surface area contributed by atoms with Crippen LogP contribution in [-0.4, -0.2) is 14.9 Å². The zero-order chi connectivity index (χ0) is 14.2. The van der Waals surface area contributed by atoms with Crippen molar-refractivity contribution in [1.29, 1.82) is 0 Å². The average Bonchev–Trinajstić information content (AvgIpc) is 2.34. The largest absolute Gasteiger partial charge is 0.416 e. The van der Waals surface area contributed by atoms with E-state index in [2.05, 4.69) is 54.2 Å². The molecule has 0 saturated heterocycles. The highest BCUT2D eigenvalue weighted by atomic mass is 28.4. The fourth-order valence-electron chi connectivity index (χ4n) is 2.12. The van der Waals surface area contributed by atoms with Gasteiger partial charge in [-0.2, -0.15) is 0 Å². The fourth-order valence-corrected chi connectivity index (χ4v) is 4.79. The first kappa shape index (κ1) is 17.7. The summed E-state index contributed by atoms with van der Waals surface area (Å²) in [6.45, 7) is 18.3. The molecule has 0 bridgehead atoms. The van der Waals surface area contributed by atoms with Crippen molar-refractivity contribution in [2.75, 3.05) is 6.61 Å². The van der Waals surface area contributed by atoms with Crippen LogP contribution in [0.2, 0.25) is 18.1 Å². The maximum atomic E-state index is 6.38. The number of rotatable bonds is 9. The highest BCUT2D eigenvalue weighted by molar-refractivity contribution is 6.73.